The van der Waals surface area contributed by atoms with Gasteiger partial charge in [-0.1, -0.05) is 30.3 Å². The third-order valence-corrected chi connectivity index (χ3v) is 2.31. The van der Waals surface area contributed by atoms with Crippen LogP contribution in [-0.2, 0) is 11.2 Å². The molecule has 2 rings (SSSR count). The Morgan fingerprint density at radius 2 is 1.89 bits per heavy atom. The van der Waals surface area contributed by atoms with E-state index in [9.17, 15) is 13.2 Å². The first-order valence-corrected chi connectivity index (χ1v) is 5.66. The van der Waals surface area contributed by atoms with Gasteiger partial charge in [-0.2, -0.15) is 18.3 Å². The van der Waals surface area contributed by atoms with E-state index in [-0.39, 0.29) is 13.0 Å². The minimum absolute atomic E-state index is 0.0526. The maximum Gasteiger partial charge on any atom is 0.411 e. The van der Waals surface area contributed by atoms with E-state index in [4.69, 9.17) is 0 Å². The number of nitrogens with zero attached hydrogens (tertiary/aromatic N) is 2. The highest BCUT2D eigenvalue weighted by Crippen LogP contribution is 2.15. The highest BCUT2D eigenvalue weighted by molar-refractivity contribution is 5.53. The van der Waals surface area contributed by atoms with Gasteiger partial charge in [0, 0.05) is 12.0 Å². The van der Waals surface area contributed by atoms with E-state index in [1.54, 1.807) is 0 Å². The van der Waals surface area contributed by atoms with Gasteiger partial charge in [0.15, 0.2) is 5.82 Å². The molecule has 4 nitrogen and oxygen atoms in total. The van der Waals surface area contributed by atoms with Crippen LogP contribution in [0.4, 0.5) is 13.2 Å². The molecule has 0 unspecified atom stereocenters. The maximum absolute atomic E-state index is 11.8. The van der Waals surface area contributed by atoms with E-state index < -0.39 is 12.8 Å². The molecule has 1 N–H and O–H groups in total. The number of ether oxygens (including phenoxy) is 1. The molecule has 0 atom stereocenters. The van der Waals surface area contributed by atoms with Crippen molar-refractivity contribution in [3.8, 4) is 11.4 Å². The smallest absolute Gasteiger partial charge is 0.372 e. The second kappa shape index (κ2) is 5.83. The molecule has 0 saturated carbocycles. The first-order chi connectivity index (χ1) is 9.04. The third kappa shape index (κ3) is 4.36. The van der Waals surface area contributed by atoms with Crippen molar-refractivity contribution in [2.24, 2.45) is 0 Å². The summed E-state index contributed by atoms with van der Waals surface area (Å²) in [5.41, 5.74) is 0.848. The molecular formula is C12H12F3N3O. The van der Waals surface area contributed by atoms with Crippen LogP contribution in [0.25, 0.3) is 11.4 Å². The largest absolute Gasteiger partial charge is 0.411 e. The van der Waals surface area contributed by atoms with Crippen LogP contribution in [0.3, 0.4) is 0 Å². The second-order valence-corrected chi connectivity index (χ2v) is 3.89. The molecule has 7 heteroatoms. The average Bonchev–Trinajstić information content (AvgIpc) is 2.83. The van der Waals surface area contributed by atoms with Crippen molar-refractivity contribution in [1.29, 1.82) is 0 Å². The number of aromatic amines is 1. The van der Waals surface area contributed by atoms with E-state index in [1.807, 2.05) is 30.3 Å². The quantitative estimate of drug-likeness (QED) is 0.850. The summed E-state index contributed by atoms with van der Waals surface area (Å²) in [6.07, 6.45) is -4.04. The topological polar surface area (TPSA) is 50.8 Å². The minimum Gasteiger partial charge on any atom is -0.372 e. The van der Waals surface area contributed by atoms with Crippen LogP contribution < -0.4 is 0 Å². The van der Waals surface area contributed by atoms with E-state index in [0.717, 1.165) is 5.56 Å². The molecule has 0 aliphatic heterocycles. The number of halogens is 3. The monoisotopic (exact) mass is 271 g/mol. The van der Waals surface area contributed by atoms with Crippen molar-refractivity contribution in [2.75, 3.05) is 13.2 Å². The molecule has 0 fully saturated rings. The molecule has 0 spiro atoms. The number of benzene rings is 1. The van der Waals surface area contributed by atoms with Gasteiger partial charge in [0.25, 0.3) is 0 Å². The Labute approximate surface area is 107 Å². The van der Waals surface area contributed by atoms with Crippen molar-refractivity contribution >= 4 is 0 Å². The van der Waals surface area contributed by atoms with Gasteiger partial charge in [-0.05, 0) is 0 Å². The number of hydrogen-bond acceptors (Lipinski definition) is 3. The summed E-state index contributed by atoms with van der Waals surface area (Å²) in [6, 6.07) is 9.30. The number of nitrogens with one attached hydrogen (secondary N) is 1. The van der Waals surface area contributed by atoms with Gasteiger partial charge in [0.05, 0.1) is 6.61 Å². The molecule has 2 aromatic rings. The number of hydrogen-bond donors (Lipinski definition) is 1. The lowest BCUT2D eigenvalue weighted by atomic mass is 10.2. The summed E-state index contributed by atoms with van der Waals surface area (Å²) in [7, 11) is 0. The second-order valence-electron chi connectivity index (χ2n) is 3.89. The van der Waals surface area contributed by atoms with E-state index >= 15 is 0 Å². The van der Waals surface area contributed by atoms with Crippen molar-refractivity contribution in [1.82, 2.24) is 15.2 Å². The summed E-state index contributed by atoms with van der Waals surface area (Å²) in [5.74, 6) is 1.02. The summed E-state index contributed by atoms with van der Waals surface area (Å²) in [6.45, 7) is -1.30. The number of rotatable bonds is 5. The Bertz CT molecular complexity index is 510. The number of alkyl halides is 3. The maximum atomic E-state index is 11.8. The average molecular weight is 271 g/mol. The van der Waals surface area contributed by atoms with Gasteiger partial charge in [-0.15, -0.1) is 0 Å². The highest BCUT2D eigenvalue weighted by Gasteiger charge is 2.27. The molecule has 0 radical (unpaired) electrons. The molecule has 0 aliphatic rings. The molecule has 1 heterocycles. The summed E-state index contributed by atoms with van der Waals surface area (Å²) in [5, 5.41) is 6.68. The Balaban J connectivity index is 1.85. The summed E-state index contributed by atoms with van der Waals surface area (Å²) in [4.78, 5) is 4.19. The van der Waals surface area contributed by atoms with Gasteiger partial charge in [0.2, 0.25) is 0 Å². The van der Waals surface area contributed by atoms with Crippen LogP contribution in [0.2, 0.25) is 0 Å². The summed E-state index contributed by atoms with van der Waals surface area (Å²) < 4.78 is 40.0. The zero-order valence-electron chi connectivity index (χ0n) is 9.94. The van der Waals surface area contributed by atoms with Crippen LogP contribution >= 0.6 is 0 Å². The SMILES string of the molecule is FC(F)(F)COCCc1nc(-c2ccccc2)n[nH]1. The lowest BCUT2D eigenvalue weighted by Crippen LogP contribution is -2.18. The van der Waals surface area contributed by atoms with Crippen LogP contribution in [0, 0.1) is 0 Å². The highest BCUT2D eigenvalue weighted by atomic mass is 19.4. The van der Waals surface area contributed by atoms with E-state index in [0.29, 0.717) is 11.6 Å². The van der Waals surface area contributed by atoms with Crippen molar-refractivity contribution in [3.63, 3.8) is 0 Å². The zero-order valence-corrected chi connectivity index (χ0v) is 9.94. The third-order valence-electron chi connectivity index (χ3n) is 2.31. The Kier molecular flexibility index (Phi) is 4.16. The van der Waals surface area contributed by atoms with E-state index in [1.165, 1.54) is 0 Å². The van der Waals surface area contributed by atoms with Crippen LogP contribution in [0.5, 0.6) is 0 Å². The van der Waals surface area contributed by atoms with Gasteiger partial charge in [-0.3, -0.25) is 5.10 Å². The fraction of sp³-hybridized carbons (Fsp3) is 0.333. The Morgan fingerprint density at radius 3 is 2.58 bits per heavy atom. The first kappa shape index (κ1) is 13.5. The van der Waals surface area contributed by atoms with Gasteiger partial charge >= 0.3 is 6.18 Å². The van der Waals surface area contributed by atoms with Crippen molar-refractivity contribution in [3.05, 3.63) is 36.2 Å². The lowest BCUT2D eigenvalue weighted by Gasteiger charge is -2.05. The Morgan fingerprint density at radius 1 is 1.16 bits per heavy atom. The predicted octanol–water partition coefficient (Wildman–Crippen LogP) is 2.59. The standard InChI is InChI=1S/C12H12F3N3O/c13-12(14,15)8-19-7-6-10-16-11(18-17-10)9-4-2-1-3-5-9/h1-5H,6-8H2,(H,16,17,18). The van der Waals surface area contributed by atoms with Crippen LogP contribution in [0.1, 0.15) is 5.82 Å². The van der Waals surface area contributed by atoms with Gasteiger partial charge in [0.1, 0.15) is 12.4 Å². The van der Waals surface area contributed by atoms with Crippen LogP contribution in [-0.4, -0.2) is 34.6 Å². The molecule has 1 aromatic carbocycles. The molecule has 1 aromatic heterocycles. The molecular weight excluding hydrogens is 259 g/mol. The van der Waals surface area contributed by atoms with Gasteiger partial charge in [-0.25, -0.2) is 4.98 Å². The first-order valence-electron chi connectivity index (χ1n) is 5.66. The molecule has 102 valence electrons. The zero-order chi connectivity index (χ0) is 13.7. The molecule has 19 heavy (non-hydrogen) atoms. The molecule has 0 amide bonds. The molecule has 0 saturated heterocycles. The van der Waals surface area contributed by atoms with Gasteiger partial charge < -0.3 is 4.74 Å². The molecule has 0 aliphatic carbocycles. The van der Waals surface area contributed by atoms with E-state index in [2.05, 4.69) is 19.9 Å². The minimum atomic E-state index is -4.30. The number of aromatic nitrogens is 3. The predicted molar refractivity (Wildman–Crippen MR) is 62.4 cm³/mol. The molecule has 0 bridgehead atoms. The van der Waals surface area contributed by atoms with Crippen LogP contribution in [0.15, 0.2) is 30.3 Å². The fourth-order valence-electron chi connectivity index (χ4n) is 1.48. The normalized spacial score (nSPS) is 11.7. The Hall–Kier alpha value is -1.89. The fourth-order valence-corrected chi connectivity index (χ4v) is 1.48. The summed E-state index contributed by atoms with van der Waals surface area (Å²) >= 11 is 0. The van der Waals surface area contributed by atoms with Crippen molar-refractivity contribution in [2.45, 2.75) is 12.6 Å². The van der Waals surface area contributed by atoms with Crippen molar-refractivity contribution < 1.29 is 17.9 Å². The lowest BCUT2D eigenvalue weighted by molar-refractivity contribution is -0.173. The number of H-pyrrole nitrogens is 1.